The Labute approximate surface area is 79.5 Å². The van der Waals surface area contributed by atoms with Crippen molar-refractivity contribution >= 4 is 0 Å². The lowest BCUT2D eigenvalue weighted by Gasteiger charge is -2.03. The third-order valence-corrected chi connectivity index (χ3v) is 1.84. The maximum absolute atomic E-state index is 5.51. The fraction of sp³-hybridized carbons (Fsp3) is 0.273. The molecule has 0 saturated carbocycles. The Bertz CT molecular complexity index is 275. The van der Waals surface area contributed by atoms with Crippen molar-refractivity contribution < 1.29 is 0 Å². The van der Waals surface area contributed by atoms with Crippen LogP contribution in [0.1, 0.15) is 11.1 Å². The SMILES string of the molecule is C=C(N)Cc1ccc(CNC)cc1. The van der Waals surface area contributed by atoms with E-state index in [-0.39, 0.29) is 0 Å². The van der Waals surface area contributed by atoms with Gasteiger partial charge in [0.1, 0.15) is 0 Å². The van der Waals surface area contributed by atoms with Crippen molar-refractivity contribution in [2.24, 2.45) is 5.73 Å². The number of allylic oxidation sites excluding steroid dienone is 1. The molecule has 2 nitrogen and oxygen atoms in total. The van der Waals surface area contributed by atoms with E-state index in [4.69, 9.17) is 5.73 Å². The van der Waals surface area contributed by atoms with E-state index >= 15 is 0 Å². The van der Waals surface area contributed by atoms with Gasteiger partial charge in [0, 0.05) is 18.7 Å². The number of nitrogens with one attached hydrogen (secondary N) is 1. The fourth-order valence-electron chi connectivity index (χ4n) is 1.24. The van der Waals surface area contributed by atoms with Crippen LogP contribution in [0.4, 0.5) is 0 Å². The molecule has 0 fully saturated rings. The molecule has 0 heterocycles. The highest BCUT2D eigenvalue weighted by Crippen LogP contribution is 2.06. The average molecular weight is 176 g/mol. The third-order valence-electron chi connectivity index (χ3n) is 1.84. The minimum atomic E-state index is 0.710. The monoisotopic (exact) mass is 176 g/mol. The summed E-state index contributed by atoms with van der Waals surface area (Å²) in [6.07, 6.45) is 0.764. The van der Waals surface area contributed by atoms with Crippen molar-refractivity contribution in [3.8, 4) is 0 Å². The molecule has 1 aromatic rings. The van der Waals surface area contributed by atoms with Gasteiger partial charge in [-0.05, 0) is 18.2 Å². The van der Waals surface area contributed by atoms with Gasteiger partial charge in [-0.3, -0.25) is 0 Å². The smallest absolute Gasteiger partial charge is 0.0202 e. The highest BCUT2D eigenvalue weighted by atomic mass is 14.8. The molecule has 1 aromatic carbocycles. The summed E-state index contributed by atoms with van der Waals surface area (Å²) >= 11 is 0. The Morgan fingerprint density at radius 3 is 2.31 bits per heavy atom. The van der Waals surface area contributed by atoms with Crippen LogP contribution >= 0.6 is 0 Å². The Balaban J connectivity index is 2.64. The number of rotatable bonds is 4. The topological polar surface area (TPSA) is 38.0 Å². The minimum Gasteiger partial charge on any atom is -0.402 e. The fourth-order valence-corrected chi connectivity index (χ4v) is 1.24. The summed E-state index contributed by atoms with van der Waals surface area (Å²) in [6, 6.07) is 8.39. The Morgan fingerprint density at radius 1 is 1.31 bits per heavy atom. The van der Waals surface area contributed by atoms with Gasteiger partial charge in [0.25, 0.3) is 0 Å². The summed E-state index contributed by atoms with van der Waals surface area (Å²) in [5.41, 5.74) is 8.73. The summed E-state index contributed by atoms with van der Waals surface area (Å²) in [4.78, 5) is 0. The van der Waals surface area contributed by atoms with Crippen LogP contribution in [0, 0.1) is 0 Å². The van der Waals surface area contributed by atoms with E-state index in [2.05, 4.69) is 36.2 Å². The average Bonchev–Trinajstić information content (AvgIpc) is 2.08. The molecule has 0 atom stereocenters. The van der Waals surface area contributed by atoms with Crippen molar-refractivity contribution in [1.82, 2.24) is 5.32 Å². The second-order valence-corrected chi connectivity index (χ2v) is 3.18. The van der Waals surface area contributed by atoms with Gasteiger partial charge in [-0.1, -0.05) is 30.8 Å². The summed E-state index contributed by atoms with van der Waals surface area (Å²) < 4.78 is 0. The van der Waals surface area contributed by atoms with Crippen molar-refractivity contribution in [3.05, 3.63) is 47.7 Å². The van der Waals surface area contributed by atoms with Crippen LogP contribution < -0.4 is 11.1 Å². The molecule has 0 spiro atoms. The second-order valence-electron chi connectivity index (χ2n) is 3.18. The van der Waals surface area contributed by atoms with Crippen LogP contribution in [-0.4, -0.2) is 7.05 Å². The Hall–Kier alpha value is -1.28. The lowest BCUT2D eigenvalue weighted by Crippen LogP contribution is -2.05. The zero-order valence-corrected chi connectivity index (χ0v) is 8.01. The first-order valence-corrected chi connectivity index (χ1v) is 4.38. The van der Waals surface area contributed by atoms with Crippen molar-refractivity contribution in [2.45, 2.75) is 13.0 Å². The number of hydrogen-bond acceptors (Lipinski definition) is 2. The van der Waals surface area contributed by atoms with Gasteiger partial charge in [0.05, 0.1) is 0 Å². The first-order valence-electron chi connectivity index (χ1n) is 4.38. The van der Waals surface area contributed by atoms with E-state index in [1.807, 2.05) is 7.05 Å². The molecule has 0 aliphatic carbocycles. The predicted molar refractivity (Wildman–Crippen MR) is 56.2 cm³/mol. The van der Waals surface area contributed by atoms with E-state index in [1.54, 1.807) is 0 Å². The molecule has 0 aliphatic rings. The van der Waals surface area contributed by atoms with Crippen molar-refractivity contribution in [1.29, 1.82) is 0 Å². The number of hydrogen-bond donors (Lipinski definition) is 2. The van der Waals surface area contributed by atoms with Gasteiger partial charge < -0.3 is 11.1 Å². The van der Waals surface area contributed by atoms with Crippen molar-refractivity contribution in [3.63, 3.8) is 0 Å². The van der Waals surface area contributed by atoms with Gasteiger partial charge in [0.15, 0.2) is 0 Å². The molecule has 1 rings (SSSR count). The highest BCUT2D eigenvalue weighted by Gasteiger charge is 1.94. The molecule has 0 saturated heterocycles. The minimum absolute atomic E-state index is 0.710. The van der Waals surface area contributed by atoms with E-state index in [1.165, 1.54) is 11.1 Å². The van der Waals surface area contributed by atoms with Gasteiger partial charge in [-0.2, -0.15) is 0 Å². The van der Waals surface area contributed by atoms with Crippen LogP contribution in [0.3, 0.4) is 0 Å². The molecule has 0 bridgehead atoms. The number of nitrogens with two attached hydrogens (primary N) is 1. The Morgan fingerprint density at radius 2 is 1.85 bits per heavy atom. The highest BCUT2D eigenvalue weighted by molar-refractivity contribution is 5.25. The maximum atomic E-state index is 5.51. The van der Waals surface area contributed by atoms with Crippen LogP contribution in [-0.2, 0) is 13.0 Å². The summed E-state index contributed by atoms with van der Waals surface area (Å²) in [6.45, 7) is 4.58. The molecular formula is C11H16N2. The Kier molecular flexibility index (Phi) is 3.53. The molecular weight excluding hydrogens is 160 g/mol. The third kappa shape index (κ3) is 3.30. The summed E-state index contributed by atoms with van der Waals surface area (Å²) in [7, 11) is 1.94. The summed E-state index contributed by atoms with van der Waals surface area (Å²) in [5, 5.41) is 3.10. The molecule has 0 unspecified atom stereocenters. The zero-order valence-electron chi connectivity index (χ0n) is 8.01. The van der Waals surface area contributed by atoms with E-state index in [0.717, 1.165) is 13.0 Å². The van der Waals surface area contributed by atoms with Gasteiger partial charge in [-0.15, -0.1) is 0 Å². The largest absolute Gasteiger partial charge is 0.402 e. The van der Waals surface area contributed by atoms with Gasteiger partial charge in [-0.25, -0.2) is 0 Å². The van der Waals surface area contributed by atoms with Gasteiger partial charge in [0.2, 0.25) is 0 Å². The van der Waals surface area contributed by atoms with E-state index < -0.39 is 0 Å². The molecule has 0 aromatic heterocycles. The molecule has 70 valence electrons. The zero-order chi connectivity index (χ0) is 9.68. The van der Waals surface area contributed by atoms with Crippen LogP contribution in [0.15, 0.2) is 36.5 Å². The predicted octanol–water partition coefficient (Wildman–Crippen LogP) is 1.42. The molecule has 3 N–H and O–H groups in total. The van der Waals surface area contributed by atoms with E-state index in [9.17, 15) is 0 Å². The molecule has 0 aliphatic heterocycles. The molecule has 2 heteroatoms. The van der Waals surface area contributed by atoms with Crippen LogP contribution in [0.5, 0.6) is 0 Å². The van der Waals surface area contributed by atoms with Crippen molar-refractivity contribution in [2.75, 3.05) is 7.05 Å². The normalized spacial score (nSPS) is 9.92. The molecule has 13 heavy (non-hydrogen) atoms. The quantitative estimate of drug-likeness (QED) is 0.728. The second kappa shape index (κ2) is 4.67. The molecule has 0 amide bonds. The lowest BCUT2D eigenvalue weighted by atomic mass is 10.1. The van der Waals surface area contributed by atoms with E-state index in [0.29, 0.717) is 5.70 Å². The lowest BCUT2D eigenvalue weighted by molar-refractivity contribution is 0.817. The number of benzene rings is 1. The first kappa shape index (κ1) is 9.81. The van der Waals surface area contributed by atoms with Crippen LogP contribution in [0.2, 0.25) is 0 Å². The summed E-state index contributed by atoms with van der Waals surface area (Å²) in [5.74, 6) is 0. The van der Waals surface area contributed by atoms with Gasteiger partial charge >= 0.3 is 0 Å². The first-order chi connectivity index (χ1) is 6.22. The molecule has 0 radical (unpaired) electrons. The standard InChI is InChI=1S/C11H16N2/c1-9(12)7-10-3-5-11(6-4-10)8-13-2/h3-6,13H,1,7-8,12H2,2H3. The van der Waals surface area contributed by atoms with Crippen LogP contribution in [0.25, 0.3) is 0 Å². The maximum Gasteiger partial charge on any atom is 0.0202 e.